The van der Waals surface area contributed by atoms with Crippen molar-refractivity contribution in [2.75, 3.05) is 20.2 Å². The van der Waals surface area contributed by atoms with E-state index in [-0.39, 0.29) is 34.1 Å². The molecule has 0 radical (unpaired) electrons. The van der Waals surface area contributed by atoms with E-state index >= 15 is 0 Å². The van der Waals surface area contributed by atoms with Gasteiger partial charge in [-0.2, -0.15) is 0 Å². The topological polar surface area (TPSA) is 82.6 Å². The summed E-state index contributed by atoms with van der Waals surface area (Å²) in [7, 11) is 1.69. The van der Waals surface area contributed by atoms with Crippen LogP contribution in [-0.4, -0.2) is 52.8 Å². The molecule has 0 aromatic carbocycles. The second-order valence-corrected chi connectivity index (χ2v) is 7.97. The fourth-order valence-electron chi connectivity index (χ4n) is 5.09. The molecule has 2 fully saturated rings. The van der Waals surface area contributed by atoms with Crippen molar-refractivity contribution in [2.24, 2.45) is 5.41 Å². The molecule has 136 valence electrons. The molecule has 2 aliphatic carbocycles. The Morgan fingerprint density at radius 2 is 2.08 bits per heavy atom. The molecular formula is C19H26N2O4. The highest BCUT2D eigenvalue weighted by Gasteiger charge is 2.63. The van der Waals surface area contributed by atoms with E-state index in [0.717, 1.165) is 30.5 Å². The first-order valence-electron chi connectivity index (χ1n) is 9.18. The smallest absolute Gasteiger partial charge is 0.261 e. The maximum atomic E-state index is 12.9. The fourth-order valence-corrected chi connectivity index (χ4v) is 5.09. The van der Waals surface area contributed by atoms with Crippen molar-refractivity contribution in [1.82, 2.24) is 9.88 Å². The van der Waals surface area contributed by atoms with Crippen molar-refractivity contribution in [1.29, 1.82) is 0 Å². The van der Waals surface area contributed by atoms with E-state index < -0.39 is 0 Å². The van der Waals surface area contributed by atoms with Crippen LogP contribution in [0.25, 0.3) is 0 Å². The lowest BCUT2D eigenvalue weighted by Gasteiger charge is -2.62. The molecule has 6 heteroatoms. The van der Waals surface area contributed by atoms with Crippen molar-refractivity contribution in [2.45, 2.75) is 57.2 Å². The molecule has 6 nitrogen and oxygen atoms in total. The van der Waals surface area contributed by atoms with Gasteiger partial charge in [-0.3, -0.25) is 9.59 Å². The first-order chi connectivity index (χ1) is 11.9. The van der Waals surface area contributed by atoms with Crippen LogP contribution in [0.1, 0.15) is 54.2 Å². The van der Waals surface area contributed by atoms with Gasteiger partial charge in [-0.1, -0.05) is 0 Å². The van der Waals surface area contributed by atoms with Gasteiger partial charge in [0.2, 0.25) is 0 Å². The Balaban J connectivity index is 1.52. The van der Waals surface area contributed by atoms with E-state index in [4.69, 9.17) is 4.74 Å². The van der Waals surface area contributed by atoms with Crippen molar-refractivity contribution in [3.05, 3.63) is 33.2 Å². The van der Waals surface area contributed by atoms with Crippen LogP contribution < -0.4 is 5.56 Å². The van der Waals surface area contributed by atoms with E-state index in [9.17, 15) is 14.7 Å². The molecule has 3 aliphatic rings. The summed E-state index contributed by atoms with van der Waals surface area (Å²) in [5.74, 6) is -0.196. The van der Waals surface area contributed by atoms with Gasteiger partial charge in [-0.25, -0.2) is 0 Å². The van der Waals surface area contributed by atoms with Gasteiger partial charge in [0, 0.05) is 37.7 Å². The molecule has 2 atom stereocenters. The summed E-state index contributed by atoms with van der Waals surface area (Å²) in [5.41, 5.74) is 1.44. The molecule has 1 saturated heterocycles. The Labute approximate surface area is 147 Å². The summed E-state index contributed by atoms with van der Waals surface area (Å²) < 4.78 is 5.67. The number of nitrogens with one attached hydrogen (secondary N) is 1. The summed E-state index contributed by atoms with van der Waals surface area (Å²) in [6, 6.07) is 1.78. The highest BCUT2D eigenvalue weighted by atomic mass is 16.5. The number of rotatable bonds is 2. The molecule has 4 rings (SSSR count). The number of ether oxygens (including phenoxy) is 1. The Morgan fingerprint density at radius 1 is 1.36 bits per heavy atom. The van der Waals surface area contributed by atoms with Gasteiger partial charge in [-0.05, 0) is 50.7 Å². The van der Waals surface area contributed by atoms with Crippen LogP contribution in [0.5, 0.6) is 0 Å². The zero-order valence-corrected chi connectivity index (χ0v) is 14.9. The van der Waals surface area contributed by atoms with Crippen molar-refractivity contribution < 1.29 is 14.6 Å². The van der Waals surface area contributed by atoms with Crippen LogP contribution in [0, 0.1) is 5.41 Å². The highest BCUT2D eigenvalue weighted by Crippen LogP contribution is 2.57. The van der Waals surface area contributed by atoms with Crippen LogP contribution in [0.15, 0.2) is 10.9 Å². The number of aromatic nitrogens is 1. The maximum Gasteiger partial charge on any atom is 0.261 e. The van der Waals surface area contributed by atoms with Gasteiger partial charge in [0.25, 0.3) is 11.5 Å². The predicted octanol–water partition coefficient (Wildman–Crippen LogP) is 1.26. The largest absolute Gasteiger partial charge is 0.392 e. The van der Waals surface area contributed by atoms with Crippen molar-refractivity contribution in [3.63, 3.8) is 0 Å². The van der Waals surface area contributed by atoms with Gasteiger partial charge in [0.15, 0.2) is 0 Å². The van der Waals surface area contributed by atoms with E-state index in [0.29, 0.717) is 32.4 Å². The molecule has 2 N–H and O–H groups in total. The van der Waals surface area contributed by atoms with Gasteiger partial charge in [0.1, 0.15) is 5.56 Å². The number of hydrogen-bond donors (Lipinski definition) is 2. The number of carbonyl (C=O) groups excluding carboxylic acids is 1. The molecule has 25 heavy (non-hydrogen) atoms. The fraction of sp³-hybridized carbons (Fsp3) is 0.684. The zero-order valence-electron chi connectivity index (χ0n) is 14.9. The first-order valence-corrected chi connectivity index (χ1v) is 9.18. The van der Waals surface area contributed by atoms with Gasteiger partial charge in [0.05, 0.1) is 11.7 Å². The summed E-state index contributed by atoms with van der Waals surface area (Å²) in [6.45, 7) is 3.14. The molecule has 1 spiro atoms. The second kappa shape index (κ2) is 5.68. The lowest BCUT2D eigenvalue weighted by atomic mass is 9.51. The Hall–Kier alpha value is -1.66. The quantitative estimate of drug-likeness (QED) is 0.844. The average Bonchev–Trinajstić information content (AvgIpc) is 3.07. The van der Waals surface area contributed by atoms with Crippen LogP contribution in [0.4, 0.5) is 0 Å². The second-order valence-electron chi connectivity index (χ2n) is 7.97. The van der Waals surface area contributed by atoms with Crippen molar-refractivity contribution in [3.8, 4) is 0 Å². The SMILES string of the molecule is CO[C@@]1(C)CC(O)C12CCN(C(=O)c1cc3c([nH]c1=O)CCC3)CC2. The molecule has 2 heterocycles. The summed E-state index contributed by atoms with van der Waals surface area (Å²) in [4.78, 5) is 29.8. The predicted molar refractivity (Wildman–Crippen MR) is 92.7 cm³/mol. The number of piperidine rings is 1. The summed E-state index contributed by atoms with van der Waals surface area (Å²) in [6.07, 6.45) is 4.51. The van der Waals surface area contributed by atoms with Crippen LogP contribution in [0.2, 0.25) is 0 Å². The number of aliphatic hydroxyl groups is 1. The van der Waals surface area contributed by atoms with Crippen LogP contribution in [0.3, 0.4) is 0 Å². The normalized spacial score (nSPS) is 30.2. The third-order valence-electron chi connectivity index (χ3n) is 6.99. The molecule has 1 amide bonds. The number of methoxy groups -OCH3 is 1. The molecule has 0 bridgehead atoms. The molecular weight excluding hydrogens is 320 g/mol. The van der Waals surface area contributed by atoms with E-state index in [1.165, 1.54) is 0 Å². The molecule has 1 aromatic rings. The number of carbonyl (C=O) groups is 1. The Bertz CT molecular complexity index is 763. The zero-order chi connectivity index (χ0) is 17.8. The first kappa shape index (κ1) is 16.8. The van der Waals surface area contributed by atoms with Crippen LogP contribution in [-0.2, 0) is 17.6 Å². The number of aliphatic hydroxyl groups excluding tert-OH is 1. The van der Waals surface area contributed by atoms with Crippen molar-refractivity contribution >= 4 is 5.91 Å². The van der Waals surface area contributed by atoms with Crippen LogP contribution >= 0.6 is 0 Å². The number of H-pyrrole nitrogens is 1. The number of aryl methyl sites for hydroxylation is 2. The monoisotopic (exact) mass is 346 g/mol. The number of amides is 1. The van der Waals surface area contributed by atoms with Gasteiger partial charge < -0.3 is 19.7 Å². The molecule has 1 aromatic heterocycles. The molecule has 1 unspecified atom stereocenters. The average molecular weight is 346 g/mol. The number of nitrogens with zero attached hydrogens (tertiary/aromatic N) is 1. The minimum atomic E-state index is -0.377. The molecule has 1 saturated carbocycles. The van der Waals surface area contributed by atoms with E-state index in [1.807, 2.05) is 6.92 Å². The third kappa shape index (κ3) is 2.30. The maximum absolute atomic E-state index is 12.9. The summed E-state index contributed by atoms with van der Waals surface area (Å²) >= 11 is 0. The number of pyridine rings is 1. The summed E-state index contributed by atoms with van der Waals surface area (Å²) in [5, 5.41) is 10.3. The Morgan fingerprint density at radius 3 is 2.72 bits per heavy atom. The minimum absolute atomic E-state index is 0.196. The highest BCUT2D eigenvalue weighted by molar-refractivity contribution is 5.94. The van der Waals surface area contributed by atoms with E-state index in [1.54, 1.807) is 18.1 Å². The standard InChI is InChI=1S/C19H26N2O4/c1-18(25-2)11-15(22)19(18)6-8-21(9-7-19)17(24)13-10-12-4-3-5-14(12)20-16(13)23/h10,15,22H,3-9,11H2,1-2H3,(H,20,23)/t15?,18-/m0/s1. The lowest BCUT2D eigenvalue weighted by Crippen LogP contribution is -2.69. The third-order valence-corrected chi connectivity index (χ3v) is 6.99. The minimum Gasteiger partial charge on any atom is -0.392 e. The van der Waals surface area contributed by atoms with Gasteiger partial charge in [-0.15, -0.1) is 0 Å². The number of likely N-dealkylation sites (tertiary alicyclic amines) is 1. The number of fused-ring (bicyclic) bond motifs is 1. The van der Waals surface area contributed by atoms with E-state index in [2.05, 4.69) is 4.98 Å². The molecule has 1 aliphatic heterocycles. The van der Waals surface area contributed by atoms with Gasteiger partial charge >= 0.3 is 0 Å². The number of hydrogen-bond acceptors (Lipinski definition) is 4. The lowest BCUT2D eigenvalue weighted by molar-refractivity contribution is -0.259. The Kier molecular flexibility index (Phi) is 3.81. The number of aromatic amines is 1.